The number of hydrogen-bond acceptors (Lipinski definition) is 4. The summed E-state index contributed by atoms with van der Waals surface area (Å²) < 4.78 is 38.3. The Kier molecular flexibility index (Phi) is 4.56. The van der Waals surface area contributed by atoms with Gasteiger partial charge in [0.2, 0.25) is 5.91 Å². The van der Waals surface area contributed by atoms with Gasteiger partial charge in [0, 0.05) is 5.56 Å². The minimum absolute atomic E-state index is 0.260. The Labute approximate surface area is 112 Å². The minimum atomic E-state index is -4.67. The van der Waals surface area contributed by atoms with Crippen molar-refractivity contribution in [1.82, 2.24) is 5.32 Å². The van der Waals surface area contributed by atoms with Crippen LogP contribution in [0.1, 0.15) is 22.8 Å². The summed E-state index contributed by atoms with van der Waals surface area (Å²) in [5.41, 5.74) is 5.14. The van der Waals surface area contributed by atoms with E-state index < -0.39 is 29.6 Å². The number of halogens is 3. The van der Waals surface area contributed by atoms with Crippen LogP contribution in [-0.4, -0.2) is 17.9 Å². The lowest BCUT2D eigenvalue weighted by molar-refractivity contribution is -0.137. The van der Waals surface area contributed by atoms with Crippen molar-refractivity contribution in [2.24, 2.45) is 11.6 Å². The van der Waals surface area contributed by atoms with Crippen molar-refractivity contribution < 1.29 is 22.8 Å². The number of alkyl halides is 3. The molecule has 0 saturated heterocycles. The fourth-order valence-corrected chi connectivity index (χ4v) is 1.40. The second-order valence-corrected chi connectivity index (χ2v) is 4.00. The van der Waals surface area contributed by atoms with Gasteiger partial charge in [0.1, 0.15) is 6.04 Å². The number of carbonyl (C=O) groups is 2. The molecule has 110 valence electrons. The van der Waals surface area contributed by atoms with Gasteiger partial charge in [-0.25, -0.2) is 0 Å². The van der Waals surface area contributed by atoms with E-state index in [0.717, 1.165) is 12.1 Å². The van der Waals surface area contributed by atoms with E-state index in [0.29, 0.717) is 6.07 Å². The zero-order chi connectivity index (χ0) is 15.5. The van der Waals surface area contributed by atoms with Gasteiger partial charge in [-0.3, -0.25) is 15.4 Å². The monoisotopic (exact) mass is 290 g/mol. The van der Waals surface area contributed by atoms with Crippen molar-refractivity contribution in [2.45, 2.75) is 19.1 Å². The molecule has 6 N–H and O–H groups in total. The maximum Gasteiger partial charge on any atom is 0.418 e. The Morgan fingerprint density at radius 1 is 1.30 bits per heavy atom. The average Bonchev–Trinajstić information content (AvgIpc) is 2.36. The first kappa shape index (κ1) is 15.8. The van der Waals surface area contributed by atoms with Crippen molar-refractivity contribution in [3.05, 3.63) is 29.3 Å². The fraction of sp³-hybridized carbons (Fsp3) is 0.273. The molecule has 1 atom stereocenters. The molecule has 1 unspecified atom stereocenters. The highest BCUT2D eigenvalue weighted by atomic mass is 19.4. The molecule has 0 fully saturated rings. The lowest BCUT2D eigenvalue weighted by Crippen LogP contribution is -2.42. The predicted molar refractivity (Wildman–Crippen MR) is 65.4 cm³/mol. The van der Waals surface area contributed by atoms with Gasteiger partial charge in [0.05, 0.1) is 11.3 Å². The Hall–Kier alpha value is -2.29. The maximum atomic E-state index is 12.8. The highest BCUT2D eigenvalue weighted by Gasteiger charge is 2.34. The molecule has 0 radical (unpaired) electrons. The lowest BCUT2D eigenvalue weighted by Gasteiger charge is -2.15. The van der Waals surface area contributed by atoms with Crippen LogP contribution in [0.25, 0.3) is 0 Å². The molecule has 0 aliphatic heterocycles. The van der Waals surface area contributed by atoms with Gasteiger partial charge in [0.25, 0.3) is 5.91 Å². The smallest absolute Gasteiger partial charge is 0.368 e. The second kappa shape index (κ2) is 5.78. The first-order chi connectivity index (χ1) is 9.16. The molecule has 0 aromatic heterocycles. The molecule has 0 aliphatic rings. The largest absolute Gasteiger partial charge is 0.418 e. The molecular weight excluding hydrogens is 277 g/mol. The van der Waals surface area contributed by atoms with Crippen LogP contribution in [0.5, 0.6) is 0 Å². The van der Waals surface area contributed by atoms with Crippen LogP contribution < -0.4 is 22.3 Å². The van der Waals surface area contributed by atoms with E-state index in [1.54, 1.807) is 0 Å². The van der Waals surface area contributed by atoms with Crippen LogP contribution in [-0.2, 0) is 11.0 Å². The molecule has 6 nitrogen and oxygen atoms in total. The molecule has 1 aromatic rings. The molecule has 0 saturated carbocycles. The van der Waals surface area contributed by atoms with E-state index in [-0.39, 0.29) is 11.3 Å². The van der Waals surface area contributed by atoms with Crippen molar-refractivity contribution in [1.29, 1.82) is 0 Å². The summed E-state index contributed by atoms with van der Waals surface area (Å²) in [6.07, 6.45) is -4.67. The molecule has 0 heterocycles. The SMILES string of the molecule is CC(NC(=O)c1ccc(NN)c(C(F)(F)F)c1)C(N)=O. The third-order valence-corrected chi connectivity index (χ3v) is 2.52. The second-order valence-electron chi connectivity index (χ2n) is 4.00. The van der Waals surface area contributed by atoms with Crippen LogP contribution in [0.4, 0.5) is 18.9 Å². The van der Waals surface area contributed by atoms with Gasteiger partial charge in [-0.2, -0.15) is 13.2 Å². The van der Waals surface area contributed by atoms with E-state index in [9.17, 15) is 22.8 Å². The van der Waals surface area contributed by atoms with Crippen LogP contribution in [0.2, 0.25) is 0 Å². The van der Waals surface area contributed by atoms with E-state index in [1.165, 1.54) is 6.92 Å². The summed E-state index contributed by atoms with van der Waals surface area (Å²) >= 11 is 0. The average molecular weight is 290 g/mol. The third-order valence-electron chi connectivity index (χ3n) is 2.52. The van der Waals surface area contributed by atoms with Crippen molar-refractivity contribution >= 4 is 17.5 Å². The zero-order valence-corrected chi connectivity index (χ0v) is 10.4. The Morgan fingerprint density at radius 2 is 1.90 bits per heavy atom. The number of benzene rings is 1. The normalized spacial score (nSPS) is 12.7. The number of hydrogen-bond donors (Lipinski definition) is 4. The lowest BCUT2D eigenvalue weighted by atomic mass is 10.1. The molecule has 9 heteroatoms. The molecular formula is C11H13F3N4O2. The number of carbonyl (C=O) groups excluding carboxylic acids is 2. The molecule has 0 spiro atoms. The number of primary amides is 1. The number of anilines is 1. The summed E-state index contributed by atoms with van der Waals surface area (Å²) in [7, 11) is 0. The van der Waals surface area contributed by atoms with Crippen LogP contribution in [0.15, 0.2) is 18.2 Å². The van der Waals surface area contributed by atoms with Gasteiger partial charge >= 0.3 is 6.18 Å². The third kappa shape index (κ3) is 3.60. The van der Waals surface area contributed by atoms with Gasteiger partial charge < -0.3 is 16.5 Å². The van der Waals surface area contributed by atoms with E-state index in [4.69, 9.17) is 11.6 Å². The van der Waals surface area contributed by atoms with E-state index >= 15 is 0 Å². The van der Waals surface area contributed by atoms with Crippen LogP contribution >= 0.6 is 0 Å². The zero-order valence-electron chi connectivity index (χ0n) is 10.4. The molecule has 1 aromatic carbocycles. The predicted octanol–water partition coefficient (Wildman–Crippen LogP) is 0.595. The van der Waals surface area contributed by atoms with Crippen LogP contribution in [0, 0.1) is 0 Å². The Balaban J connectivity index is 3.09. The molecule has 1 rings (SSSR count). The number of nitrogens with two attached hydrogens (primary N) is 2. The van der Waals surface area contributed by atoms with Crippen molar-refractivity contribution in [3.8, 4) is 0 Å². The van der Waals surface area contributed by atoms with Gasteiger partial charge in [-0.05, 0) is 25.1 Å². The topological polar surface area (TPSA) is 110 Å². The highest BCUT2D eigenvalue weighted by Crippen LogP contribution is 2.35. The fourth-order valence-electron chi connectivity index (χ4n) is 1.40. The summed E-state index contributed by atoms with van der Waals surface area (Å²) in [5, 5.41) is 2.18. The Morgan fingerprint density at radius 3 is 2.35 bits per heavy atom. The first-order valence-electron chi connectivity index (χ1n) is 5.45. The van der Waals surface area contributed by atoms with Crippen molar-refractivity contribution in [2.75, 3.05) is 5.43 Å². The van der Waals surface area contributed by atoms with Gasteiger partial charge in [0.15, 0.2) is 0 Å². The maximum absolute atomic E-state index is 12.8. The quantitative estimate of drug-likeness (QED) is 0.480. The van der Waals surface area contributed by atoms with Gasteiger partial charge in [-0.15, -0.1) is 0 Å². The number of rotatable bonds is 4. The molecule has 20 heavy (non-hydrogen) atoms. The summed E-state index contributed by atoms with van der Waals surface area (Å²) in [6.45, 7) is 1.32. The summed E-state index contributed by atoms with van der Waals surface area (Å²) in [6, 6.07) is 1.81. The number of nitrogens with one attached hydrogen (secondary N) is 2. The highest BCUT2D eigenvalue weighted by molar-refractivity contribution is 5.97. The molecule has 0 aliphatic carbocycles. The van der Waals surface area contributed by atoms with Crippen LogP contribution in [0.3, 0.4) is 0 Å². The van der Waals surface area contributed by atoms with E-state index in [1.807, 2.05) is 5.43 Å². The minimum Gasteiger partial charge on any atom is -0.368 e. The number of nitrogen functional groups attached to an aromatic ring is 1. The standard InChI is InChI=1S/C11H13F3N4O2/c1-5(9(15)19)17-10(20)6-2-3-8(18-16)7(4-6)11(12,13)14/h2-5,18H,16H2,1H3,(H2,15,19)(H,17,20). The van der Waals surface area contributed by atoms with E-state index in [2.05, 4.69) is 5.32 Å². The first-order valence-corrected chi connectivity index (χ1v) is 5.45. The molecule has 2 amide bonds. The summed E-state index contributed by atoms with van der Waals surface area (Å²) in [5.74, 6) is 3.34. The Bertz CT molecular complexity index is 531. The summed E-state index contributed by atoms with van der Waals surface area (Å²) in [4.78, 5) is 22.5. The van der Waals surface area contributed by atoms with Crippen molar-refractivity contribution in [3.63, 3.8) is 0 Å². The molecule has 0 bridgehead atoms. The number of hydrazine groups is 1. The number of amides is 2. The van der Waals surface area contributed by atoms with Gasteiger partial charge in [-0.1, -0.05) is 0 Å².